The lowest BCUT2D eigenvalue weighted by atomic mass is 9.87. The van der Waals surface area contributed by atoms with Crippen molar-refractivity contribution < 1.29 is 9.90 Å². The molecule has 0 atom stereocenters. The molecule has 118 valence electrons. The van der Waals surface area contributed by atoms with Crippen LogP contribution in [0.3, 0.4) is 0 Å². The van der Waals surface area contributed by atoms with Gasteiger partial charge in [0.1, 0.15) is 11.3 Å². The smallest absolute Gasteiger partial charge is 0.252 e. The maximum atomic E-state index is 12.8. The summed E-state index contributed by atoms with van der Waals surface area (Å²) in [5.41, 5.74) is -0.0923. The van der Waals surface area contributed by atoms with Crippen LogP contribution in [0.1, 0.15) is 12.8 Å². The lowest BCUT2D eigenvalue weighted by Crippen LogP contribution is -2.52. The van der Waals surface area contributed by atoms with Crippen molar-refractivity contribution in [3.05, 3.63) is 42.7 Å². The molecular weight excluding hydrogens is 304 g/mol. The number of carbonyl (C=O) groups excluding carboxylic acids is 1. The number of aromatic nitrogens is 2. The molecule has 1 aliphatic heterocycles. The predicted octanol–water partition coefficient (Wildman–Crippen LogP) is 1.73. The zero-order chi connectivity index (χ0) is 14.7. The third kappa shape index (κ3) is 3.08. The number of aromatic hydroxyl groups is 1. The summed E-state index contributed by atoms with van der Waals surface area (Å²) in [6.45, 7) is 1.54. The fraction of sp³-hybridized carbons (Fsp3) is 0.333. The van der Waals surface area contributed by atoms with Gasteiger partial charge in [-0.25, -0.2) is 0 Å². The Labute approximate surface area is 134 Å². The number of phenolic OH excluding ortho intramolecular Hbond substituents is 1. The topological polar surface area (TPSA) is 79.2 Å². The molecule has 2 heterocycles. The molecule has 3 N–H and O–H groups in total. The lowest BCUT2D eigenvalue weighted by Gasteiger charge is -2.36. The number of hydrogen-bond donors (Lipinski definition) is 3. The van der Waals surface area contributed by atoms with Gasteiger partial charge in [0, 0.05) is 24.1 Å². The summed E-state index contributed by atoms with van der Waals surface area (Å²) < 4.78 is 1.74. The number of piperidine rings is 1. The highest BCUT2D eigenvalue weighted by molar-refractivity contribution is 5.96. The summed E-state index contributed by atoms with van der Waals surface area (Å²) in [6.07, 6.45) is 4.87. The second-order valence-electron chi connectivity index (χ2n) is 5.24. The third-order valence-corrected chi connectivity index (χ3v) is 3.90. The highest BCUT2D eigenvalue weighted by Crippen LogP contribution is 2.29. The van der Waals surface area contributed by atoms with Gasteiger partial charge in [-0.2, -0.15) is 5.10 Å². The van der Waals surface area contributed by atoms with Crippen LogP contribution in [0.4, 0.5) is 5.69 Å². The van der Waals surface area contributed by atoms with E-state index in [1.165, 1.54) is 6.07 Å². The van der Waals surface area contributed by atoms with Crippen LogP contribution >= 0.6 is 12.4 Å². The van der Waals surface area contributed by atoms with E-state index in [0.29, 0.717) is 18.5 Å². The first-order valence-electron chi connectivity index (χ1n) is 7.02. The number of nitrogens with zero attached hydrogens (tertiary/aromatic N) is 2. The van der Waals surface area contributed by atoms with Crippen LogP contribution in [-0.4, -0.2) is 33.9 Å². The second kappa shape index (κ2) is 6.81. The van der Waals surface area contributed by atoms with Gasteiger partial charge in [-0.15, -0.1) is 12.4 Å². The monoisotopic (exact) mass is 322 g/mol. The highest BCUT2D eigenvalue weighted by atomic mass is 35.5. The zero-order valence-electron chi connectivity index (χ0n) is 12.0. The van der Waals surface area contributed by atoms with Crippen LogP contribution in [0.5, 0.6) is 5.75 Å². The SMILES string of the molecule is Cl.O=C(Nc1cccc(O)c1)C1(n2cccn2)CCNCC1. The van der Waals surface area contributed by atoms with E-state index in [1.54, 1.807) is 29.1 Å². The molecule has 0 unspecified atom stereocenters. The summed E-state index contributed by atoms with van der Waals surface area (Å²) in [5, 5.41) is 19.9. The van der Waals surface area contributed by atoms with Gasteiger partial charge in [0.2, 0.25) is 0 Å². The Bertz CT molecular complexity index is 624. The number of anilines is 1. The van der Waals surface area contributed by atoms with E-state index < -0.39 is 5.54 Å². The van der Waals surface area contributed by atoms with E-state index in [1.807, 2.05) is 12.3 Å². The molecule has 3 rings (SSSR count). The van der Waals surface area contributed by atoms with Crippen molar-refractivity contribution in [3.8, 4) is 5.75 Å². The van der Waals surface area contributed by atoms with E-state index >= 15 is 0 Å². The molecule has 2 aromatic rings. The van der Waals surface area contributed by atoms with Gasteiger partial charge in [0.15, 0.2) is 0 Å². The number of carbonyl (C=O) groups is 1. The third-order valence-electron chi connectivity index (χ3n) is 3.90. The fourth-order valence-electron chi connectivity index (χ4n) is 2.75. The first-order valence-corrected chi connectivity index (χ1v) is 7.02. The van der Waals surface area contributed by atoms with Crippen LogP contribution < -0.4 is 10.6 Å². The Morgan fingerprint density at radius 2 is 2.09 bits per heavy atom. The maximum Gasteiger partial charge on any atom is 0.252 e. The number of benzene rings is 1. The summed E-state index contributed by atoms with van der Waals surface area (Å²) in [6, 6.07) is 8.40. The van der Waals surface area contributed by atoms with Gasteiger partial charge in [0.25, 0.3) is 5.91 Å². The normalized spacial score (nSPS) is 16.5. The Morgan fingerprint density at radius 1 is 1.32 bits per heavy atom. The quantitative estimate of drug-likeness (QED) is 0.804. The van der Waals surface area contributed by atoms with Crippen LogP contribution in [0, 0.1) is 0 Å². The molecule has 1 fully saturated rings. The fourth-order valence-corrected chi connectivity index (χ4v) is 2.75. The van der Waals surface area contributed by atoms with Crippen molar-refractivity contribution in [2.75, 3.05) is 18.4 Å². The van der Waals surface area contributed by atoms with Crippen molar-refractivity contribution >= 4 is 24.0 Å². The number of phenols is 1. The molecule has 1 saturated heterocycles. The summed E-state index contributed by atoms with van der Waals surface area (Å²) in [7, 11) is 0. The second-order valence-corrected chi connectivity index (χ2v) is 5.24. The number of rotatable bonds is 3. The van der Waals surface area contributed by atoms with Crippen LogP contribution in [0.2, 0.25) is 0 Å². The van der Waals surface area contributed by atoms with E-state index in [2.05, 4.69) is 15.7 Å². The summed E-state index contributed by atoms with van der Waals surface area (Å²) >= 11 is 0. The molecule has 22 heavy (non-hydrogen) atoms. The first kappa shape index (κ1) is 16.3. The van der Waals surface area contributed by atoms with Crippen LogP contribution in [0.25, 0.3) is 0 Å². The average Bonchev–Trinajstić information content (AvgIpc) is 3.02. The molecule has 0 radical (unpaired) electrons. The average molecular weight is 323 g/mol. The van der Waals surface area contributed by atoms with Gasteiger partial charge in [0.05, 0.1) is 0 Å². The molecule has 0 spiro atoms. The number of hydrogen-bond acceptors (Lipinski definition) is 4. The highest BCUT2D eigenvalue weighted by Gasteiger charge is 2.42. The van der Waals surface area contributed by atoms with E-state index in [9.17, 15) is 9.90 Å². The summed E-state index contributed by atoms with van der Waals surface area (Å²) in [5.74, 6) is 0.0320. The Hall–Kier alpha value is -2.05. The Morgan fingerprint density at radius 3 is 2.73 bits per heavy atom. The van der Waals surface area contributed by atoms with Crippen LogP contribution in [-0.2, 0) is 10.3 Å². The molecule has 1 aromatic heterocycles. The zero-order valence-corrected chi connectivity index (χ0v) is 12.8. The van der Waals surface area contributed by atoms with Crippen molar-refractivity contribution in [3.63, 3.8) is 0 Å². The predicted molar refractivity (Wildman–Crippen MR) is 86.3 cm³/mol. The minimum absolute atomic E-state index is 0. The molecule has 1 aromatic carbocycles. The minimum Gasteiger partial charge on any atom is -0.508 e. The van der Waals surface area contributed by atoms with Crippen molar-refractivity contribution in [1.29, 1.82) is 0 Å². The van der Waals surface area contributed by atoms with Crippen molar-refractivity contribution in [2.24, 2.45) is 0 Å². The van der Waals surface area contributed by atoms with Gasteiger partial charge in [-0.1, -0.05) is 6.07 Å². The first-order chi connectivity index (χ1) is 10.2. The van der Waals surface area contributed by atoms with Crippen molar-refractivity contribution in [1.82, 2.24) is 15.1 Å². The summed E-state index contributed by atoms with van der Waals surface area (Å²) in [4.78, 5) is 12.8. The Balaban J connectivity index is 0.00000176. The Kier molecular flexibility index (Phi) is 5.05. The molecule has 7 heteroatoms. The standard InChI is InChI=1S/C15H18N4O2.ClH/c20-13-4-1-3-12(11-13)18-14(21)15(5-8-16-9-6-15)19-10-2-7-17-19;/h1-4,7,10-11,16,20H,5-6,8-9H2,(H,18,21);1H. The number of halogens is 1. The molecule has 0 aliphatic carbocycles. The van der Waals surface area contributed by atoms with Gasteiger partial charge in [-0.3, -0.25) is 9.48 Å². The van der Waals surface area contributed by atoms with Gasteiger partial charge in [-0.05, 0) is 44.1 Å². The van der Waals surface area contributed by atoms with E-state index in [4.69, 9.17) is 0 Å². The molecular formula is C15H19ClN4O2. The molecule has 6 nitrogen and oxygen atoms in total. The number of amides is 1. The van der Waals surface area contributed by atoms with E-state index in [-0.39, 0.29) is 24.1 Å². The molecule has 0 bridgehead atoms. The molecule has 1 aliphatic rings. The minimum atomic E-state index is -0.680. The molecule has 0 saturated carbocycles. The molecule has 1 amide bonds. The van der Waals surface area contributed by atoms with Crippen LogP contribution in [0.15, 0.2) is 42.7 Å². The maximum absolute atomic E-state index is 12.8. The van der Waals surface area contributed by atoms with E-state index in [0.717, 1.165) is 13.1 Å². The lowest BCUT2D eigenvalue weighted by molar-refractivity contribution is -0.126. The van der Waals surface area contributed by atoms with Gasteiger partial charge < -0.3 is 15.7 Å². The largest absolute Gasteiger partial charge is 0.508 e. The number of nitrogens with one attached hydrogen (secondary N) is 2. The van der Waals surface area contributed by atoms with Crippen molar-refractivity contribution in [2.45, 2.75) is 18.4 Å². The van der Waals surface area contributed by atoms with Gasteiger partial charge >= 0.3 is 0 Å².